The lowest BCUT2D eigenvalue weighted by molar-refractivity contribution is -0.134. The minimum absolute atomic E-state index is 0.0991. The fourth-order valence-corrected chi connectivity index (χ4v) is 2.23. The normalized spacial score (nSPS) is 14.2. The van der Waals surface area contributed by atoms with Crippen molar-refractivity contribution in [2.75, 3.05) is 20.8 Å². The highest BCUT2D eigenvalue weighted by Gasteiger charge is 2.34. The highest BCUT2D eigenvalue weighted by atomic mass is 16.5. The maximum absolute atomic E-state index is 11.8. The molecule has 1 aliphatic rings. The zero-order chi connectivity index (χ0) is 16.1. The van der Waals surface area contributed by atoms with Crippen LogP contribution in [-0.4, -0.2) is 43.5 Å². The third kappa shape index (κ3) is 3.36. The highest BCUT2D eigenvalue weighted by molar-refractivity contribution is 6.14. The molecule has 0 unspecified atom stereocenters. The standard InChI is InChI=1S/C15H18N2O5/c1-21-11-4-3-10(9-12(11)22-2)7-8-16-15(20)17-13(18)5-6-14(17)19/h3-4,9H,5-8H2,1-2H3,(H,16,20). The first kappa shape index (κ1) is 15.8. The third-order valence-corrected chi connectivity index (χ3v) is 3.39. The predicted molar refractivity (Wildman–Crippen MR) is 77.7 cm³/mol. The van der Waals surface area contributed by atoms with Gasteiger partial charge >= 0.3 is 6.03 Å². The van der Waals surface area contributed by atoms with Crippen LogP contribution in [0.3, 0.4) is 0 Å². The summed E-state index contributed by atoms with van der Waals surface area (Å²) in [4.78, 5) is 35.3. The highest BCUT2D eigenvalue weighted by Crippen LogP contribution is 2.27. The Bertz CT molecular complexity index is 584. The molecular weight excluding hydrogens is 288 g/mol. The van der Waals surface area contributed by atoms with Crippen molar-refractivity contribution in [1.29, 1.82) is 0 Å². The molecule has 1 aromatic rings. The molecule has 0 radical (unpaired) electrons. The fraction of sp³-hybridized carbons (Fsp3) is 0.400. The van der Waals surface area contributed by atoms with Crippen molar-refractivity contribution >= 4 is 17.8 Å². The Morgan fingerprint density at radius 3 is 2.36 bits per heavy atom. The van der Waals surface area contributed by atoms with E-state index in [4.69, 9.17) is 9.47 Å². The monoisotopic (exact) mass is 306 g/mol. The average molecular weight is 306 g/mol. The third-order valence-electron chi connectivity index (χ3n) is 3.39. The van der Waals surface area contributed by atoms with E-state index >= 15 is 0 Å². The first-order valence-corrected chi connectivity index (χ1v) is 6.91. The summed E-state index contributed by atoms with van der Waals surface area (Å²) < 4.78 is 10.4. The molecule has 0 atom stereocenters. The molecule has 1 aliphatic heterocycles. The smallest absolute Gasteiger partial charge is 0.331 e. The minimum atomic E-state index is -0.659. The summed E-state index contributed by atoms with van der Waals surface area (Å²) in [5, 5.41) is 2.57. The second-order valence-corrected chi connectivity index (χ2v) is 4.79. The van der Waals surface area contributed by atoms with E-state index in [2.05, 4.69) is 5.32 Å². The van der Waals surface area contributed by atoms with Crippen LogP contribution in [0.5, 0.6) is 11.5 Å². The molecule has 22 heavy (non-hydrogen) atoms. The Balaban J connectivity index is 1.90. The number of hydrogen-bond donors (Lipinski definition) is 1. The summed E-state index contributed by atoms with van der Waals surface area (Å²) in [6, 6.07) is 4.80. The van der Waals surface area contributed by atoms with Crippen LogP contribution in [0, 0.1) is 0 Å². The van der Waals surface area contributed by atoms with Crippen LogP contribution in [0.25, 0.3) is 0 Å². The summed E-state index contributed by atoms with van der Waals surface area (Å²) >= 11 is 0. The minimum Gasteiger partial charge on any atom is -0.493 e. The van der Waals surface area contributed by atoms with Gasteiger partial charge < -0.3 is 14.8 Å². The van der Waals surface area contributed by atoms with Gasteiger partial charge in [0.15, 0.2) is 11.5 Å². The molecule has 0 aliphatic carbocycles. The summed E-state index contributed by atoms with van der Waals surface area (Å²) in [5.74, 6) is 0.335. The van der Waals surface area contributed by atoms with Gasteiger partial charge in [-0.3, -0.25) is 9.59 Å². The number of urea groups is 1. The van der Waals surface area contributed by atoms with E-state index in [0.29, 0.717) is 29.4 Å². The molecule has 118 valence electrons. The second-order valence-electron chi connectivity index (χ2n) is 4.79. The van der Waals surface area contributed by atoms with Gasteiger partial charge in [0.2, 0.25) is 11.8 Å². The van der Waals surface area contributed by atoms with E-state index in [1.165, 1.54) is 0 Å². The average Bonchev–Trinajstić information content (AvgIpc) is 2.86. The van der Waals surface area contributed by atoms with Gasteiger partial charge in [0.05, 0.1) is 14.2 Å². The largest absolute Gasteiger partial charge is 0.493 e. The van der Waals surface area contributed by atoms with Gasteiger partial charge in [0.1, 0.15) is 0 Å². The Labute approximate surface area is 128 Å². The zero-order valence-electron chi connectivity index (χ0n) is 12.5. The summed E-state index contributed by atoms with van der Waals surface area (Å²) in [6.07, 6.45) is 0.742. The molecule has 1 N–H and O–H groups in total. The molecule has 0 saturated carbocycles. The molecule has 1 aromatic carbocycles. The number of nitrogens with zero attached hydrogens (tertiary/aromatic N) is 1. The van der Waals surface area contributed by atoms with Gasteiger partial charge in [-0.15, -0.1) is 0 Å². The van der Waals surface area contributed by atoms with Crippen molar-refractivity contribution in [3.05, 3.63) is 23.8 Å². The van der Waals surface area contributed by atoms with Crippen LogP contribution < -0.4 is 14.8 Å². The number of carbonyl (C=O) groups is 3. The predicted octanol–water partition coefficient (Wildman–Crippen LogP) is 1.10. The topological polar surface area (TPSA) is 84.9 Å². The van der Waals surface area contributed by atoms with Crippen molar-refractivity contribution in [3.8, 4) is 11.5 Å². The number of imide groups is 3. The molecule has 1 heterocycles. The van der Waals surface area contributed by atoms with Crippen molar-refractivity contribution in [3.63, 3.8) is 0 Å². The zero-order valence-corrected chi connectivity index (χ0v) is 12.5. The molecule has 0 bridgehead atoms. The molecule has 1 fully saturated rings. The first-order chi connectivity index (χ1) is 10.6. The lowest BCUT2D eigenvalue weighted by atomic mass is 10.1. The van der Waals surface area contributed by atoms with Gasteiger partial charge in [0.25, 0.3) is 0 Å². The van der Waals surface area contributed by atoms with Crippen LogP contribution in [-0.2, 0) is 16.0 Å². The lowest BCUT2D eigenvalue weighted by Gasteiger charge is -2.13. The maximum Gasteiger partial charge on any atom is 0.331 e. The summed E-state index contributed by atoms with van der Waals surface area (Å²) in [5.41, 5.74) is 0.942. The van der Waals surface area contributed by atoms with E-state index in [9.17, 15) is 14.4 Å². The van der Waals surface area contributed by atoms with E-state index in [1.807, 2.05) is 12.1 Å². The Hall–Kier alpha value is -2.57. The number of ether oxygens (including phenoxy) is 2. The van der Waals surface area contributed by atoms with Crippen molar-refractivity contribution < 1.29 is 23.9 Å². The lowest BCUT2D eigenvalue weighted by Crippen LogP contribution is -2.43. The van der Waals surface area contributed by atoms with E-state index in [0.717, 1.165) is 5.56 Å². The second kappa shape index (κ2) is 6.93. The fourth-order valence-electron chi connectivity index (χ4n) is 2.23. The van der Waals surface area contributed by atoms with Crippen LogP contribution in [0.15, 0.2) is 18.2 Å². The molecule has 2 rings (SSSR count). The van der Waals surface area contributed by atoms with Crippen LogP contribution >= 0.6 is 0 Å². The number of rotatable bonds is 5. The molecule has 1 saturated heterocycles. The Morgan fingerprint density at radius 2 is 1.77 bits per heavy atom. The van der Waals surface area contributed by atoms with Crippen molar-refractivity contribution in [2.45, 2.75) is 19.3 Å². The van der Waals surface area contributed by atoms with Crippen molar-refractivity contribution in [2.24, 2.45) is 0 Å². The quantitative estimate of drug-likeness (QED) is 0.824. The van der Waals surface area contributed by atoms with E-state index < -0.39 is 17.8 Å². The van der Waals surface area contributed by atoms with Gasteiger partial charge in [-0.25, -0.2) is 9.69 Å². The Kier molecular flexibility index (Phi) is 4.98. The SMILES string of the molecule is COc1ccc(CCNC(=O)N2C(=O)CCC2=O)cc1OC. The number of hydrogen-bond acceptors (Lipinski definition) is 5. The Morgan fingerprint density at radius 1 is 1.14 bits per heavy atom. The number of benzene rings is 1. The summed E-state index contributed by atoms with van der Waals surface area (Å²) in [7, 11) is 3.11. The van der Waals surface area contributed by atoms with Crippen LogP contribution in [0.2, 0.25) is 0 Å². The number of nitrogens with one attached hydrogen (secondary N) is 1. The maximum atomic E-state index is 11.8. The van der Waals surface area contributed by atoms with E-state index in [1.54, 1.807) is 20.3 Å². The molecule has 7 heteroatoms. The van der Waals surface area contributed by atoms with E-state index in [-0.39, 0.29) is 12.8 Å². The molecule has 7 nitrogen and oxygen atoms in total. The van der Waals surface area contributed by atoms with Crippen LogP contribution in [0.1, 0.15) is 18.4 Å². The molecule has 0 spiro atoms. The van der Waals surface area contributed by atoms with Gasteiger partial charge in [-0.05, 0) is 24.1 Å². The summed E-state index contributed by atoms with van der Waals surface area (Å²) in [6.45, 7) is 0.311. The number of amides is 4. The number of carbonyl (C=O) groups excluding carboxylic acids is 3. The number of likely N-dealkylation sites (tertiary alicyclic amines) is 1. The van der Waals surface area contributed by atoms with Gasteiger partial charge in [0, 0.05) is 19.4 Å². The molecular formula is C15H18N2O5. The number of methoxy groups -OCH3 is 2. The van der Waals surface area contributed by atoms with Crippen molar-refractivity contribution in [1.82, 2.24) is 10.2 Å². The van der Waals surface area contributed by atoms with Gasteiger partial charge in [-0.1, -0.05) is 6.07 Å². The molecule has 0 aromatic heterocycles. The van der Waals surface area contributed by atoms with Gasteiger partial charge in [-0.2, -0.15) is 0 Å². The molecule has 4 amide bonds. The first-order valence-electron chi connectivity index (χ1n) is 6.91. The van der Waals surface area contributed by atoms with Crippen LogP contribution in [0.4, 0.5) is 4.79 Å².